The molecule has 16 heavy (non-hydrogen) atoms. The van der Waals surface area contributed by atoms with E-state index in [0.29, 0.717) is 18.5 Å². The van der Waals surface area contributed by atoms with Crippen molar-refractivity contribution in [1.29, 1.82) is 0 Å². The van der Waals surface area contributed by atoms with Gasteiger partial charge in [-0.05, 0) is 31.6 Å². The largest absolute Gasteiger partial charge is 0.381 e. The number of hydrogen-bond donors (Lipinski definition) is 2. The molecule has 2 fully saturated rings. The highest BCUT2D eigenvalue weighted by Gasteiger charge is 2.47. The summed E-state index contributed by atoms with van der Waals surface area (Å²) in [7, 11) is 0. The average Bonchev–Trinajstić information content (AvgIpc) is 2.25. The topological polar surface area (TPSA) is 64.4 Å². The highest BCUT2D eigenvalue weighted by atomic mass is 16.5. The number of carbonyl (C=O) groups excluding carboxylic acids is 1. The van der Waals surface area contributed by atoms with Crippen LogP contribution in [-0.4, -0.2) is 31.7 Å². The van der Waals surface area contributed by atoms with Crippen LogP contribution in [-0.2, 0) is 9.53 Å². The first-order valence-corrected chi connectivity index (χ1v) is 6.25. The summed E-state index contributed by atoms with van der Waals surface area (Å²) in [6, 6.07) is 0.292. The third-order valence-corrected chi connectivity index (χ3v) is 3.91. The third kappa shape index (κ3) is 2.23. The summed E-state index contributed by atoms with van der Waals surface area (Å²) in [4.78, 5) is 12.2. The van der Waals surface area contributed by atoms with Gasteiger partial charge in [0.1, 0.15) is 0 Å². The number of hydrogen-bond acceptors (Lipinski definition) is 3. The van der Waals surface area contributed by atoms with Crippen LogP contribution in [0.5, 0.6) is 0 Å². The van der Waals surface area contributed by atoms with Crippen molar-refractivity contribution in [3.8, 4) is 0 Å². The zero-order valence-corrected chi connectivity index (χ0v) is 10.00. The normalized spacial score (nSPS) is 35.5. The van der Waals surface area contributed by atoms with Gasteiger partial charge in [-0.25, -0.2) is 0 Å². The molecule has 3 N–H and O–H groups in total. The Morgan fingerprint density at radius 1 is 1.44 bits per heavy atom. The van der Waals surface area contributed by atoms with Crippen LogP contribution in [0.25, 0.3) is 0 Å². The Kier molecular flexibility index (Phi) is 3.50. The lowest BCUT2D eigenvalue weighted by molar-refractivity contribution is -0.139. The monoisotopic (exact) mass is 226 g/mol. The highest BCUT2D eigenvalue weighted by Crippen LogP contribution is 2.44. The Morgan fingerprint density at radius 3 is 2.56 bits per heavy atom. The van der Waals surface area contributed by atoms with Crippen LogP contribution in [0.2, 0.25) is 0 Å². The van der Waals surface area contributed by atoms with Crippen molar-refractivity contribution >= 4 is 5.91 Å². The standard InChI is InChI=1S/C12H22N2O2/c1-9-6-12(7-9,8-13)11(15)14-10-2-4-16-5-3-10/h9-10H,2-8,13H2,1H3,(H,14,15). The van der Waals surface area contributed by atoms with Gasteiger partial charge in [-0.1, -0.05) is 6.92 Å². The van der Waals surface area contributed by atoms with Crippen LogP contribution >= 0.6 is 0 Å². The van der Waals surface area contributed by atoms with E-state index in [9.17, 15) is 4.79 Å². The molecule has 1 saturated heterocycles. The molecule has 1 aliphatic carbocycles. The van der Waals surface area contributed by atoms with Gasteiger partial charge in [0.05, 0.1) is 5.41 Å². The first kappa shape index (κ1) is 11.9. The number of nitrogens with two attached hydrogens (primary N) is 1. The predicted molar refractivity (Wildman–Crippen MR) is 61.9 cm³/mol. The molecule has 0 unspecified atom stereocenters. The highest BCUT2D eigenvalue weighted by molar-refractivity contribution is 5.84. The Hall–Kier alpha value is -0.610. The van der Waals surface area contributed by atoms with E-state index in [1.807, 2.05) is 0 Å². The molecular formula is C12H22N2O2. The number of nitrogens with one attached hydrogen (secondary N) is 1. The Morgan fingerprint density at radius 2 is 2.06 bits per heavy atom. The molecule has 92 valence electrons. The van der Waals surface area contributed by atoms with Crippen molar-refractivity contribution in [2.45, 2.75) is 38.6 Å². The van der Waals surface area contributed by atoms with E-state index in [-0.39, 0.29) is 11.3 Å². The van der Waals surface area contributed by atoms with Crippen molar-refractivity contribution in [1.82, 2.24) is 5.32 Å². The summed E-state index contributed by atoms with van der Waals surface area (Å²) in [6.45, 7) is 4.18. The molecule has 0 bridgehead atoms. The maximum Gasteiger partial charge on any atom is 0.227 e. The van der Waals surface area contributed by atoms with Crippen molar-refractivity contribution in [3.05, 3.63) is 0 Å². The lowest BCUT2D eigenvalue weighted by Gasteiger charge is -2.45. The summed E-state index contributed by atoms with van der Waals surface area (Å²) in [5, 5.41) is 3.13. The lowest BCUT2D eigenvalue weighted by atomic mass is 9.62. The molecular weight excluding hydrogens is 204 g/mol. The third-order valence-electron chi connectivity index (χ3n) is 3.91. The van der Waals surface area contributed by atoms with Gasteiger partial charge in [0.25, 0.3) is 0 Å². The fraction of sp³-hybridized carbons (Fsp3) is 0.917. The molecule has 4 heteroatoms. The van der Waals surface area contributed by atoms with E-state index in [2.05, 4.69) is 12.2 Å². The minimum atomic E-state index is -0.266. The zero-order chi connectivity index (χ0) is 11.6. The van der Waals surface area contributed by atoms with Gasteiger partial charge in [-0.3, -0.25) is 4.79 Å². The van der Waals surface area contributed by atoms with Crippen molar-refractivity contribution in [2.24, 2.45) is 17.1 Å². The van der Waals surface area contributed by atoms with Crippen molar-refractivity contribution in [3.63, 3.8) is 0 Å². The fourth-order valence-corrected chi connectivity index (χ4v) is 2.90. The van der Waals surface area contributed by atoms with Gasteiger partial charge in [-0.15, -0.1) is 0 Å². The van der Waals surface area contributed by atoms with Crippen LogP contribution < -0.4 is 11.1 Å². The molecule has 1 aliphatic heterocycles. The minimum Gasteiger partial charge on any atom is -0.381 e. The van der Waals surface area contributed by atoms with E-state index >= 15 is 0 Å². The molecule has 0 aromatic carbocycles. The molecule has 0 atom stereocenters. The van der Waals surface area contributed by atoms with E-state index in [1.165, 1.54) is 0 Å². The van der Waals surface area contributed by atoms with Gasteiger partial charge >= 0.3 is 0 Å². The molecule has 4 nitrogen and oxygen atoms in total. The van der Waals surface area contributed by atoms with E-state index in [1.54, 1.807) is 0 Å². The first-order chi connectivity index (χ1) is 7.66. The second kappa shape index (κ2) is 4.72. The van der Waals surface area contributed by atoms with Crippen LogP contribution in [0, 0.1) is 11.3 Å². The van der Waals surface area contributed by atoms with E-state index < -0.39 is 0 Å². The van der Waals surface area contributed by atoms with Gasteiger partial charge in [0.15, 0.2) is 0 Å². The summed E-state index contributed by atoms with van der Waals surface area (Å²) in [6.07, 6.45) is 3.75. The summed E-state index contributed by atoms with van der Waals surface area (Å²) >= 11 is 0. The van der Waals surface area contributed by atoms with Crippen molar-refractivity contribution < 1.29 is 9.53 Å². The second-order valence-corrected chi connectivity index (χ2v) is 5.36. The van der Waals surface area contributed by atoms with Crippen LogP contribution in [0.3, 0.4) is 0 Å². The SMILES string of the molecule is CC1CC(CN)(C(=O)NC2CCOCC2)C1. The smallest absolute Gasteiger partial charge is 0.227 e. The van der Waals surface area contributed by atoms with Gasteiger partial charge in [-0.2, -0.15) is 0 Å². The molecule has 0 radical (unpaired) electrons. The predicted octanol–water partition coefficient (Wildman–Crippen LogP) is 0.657. The molecule has 0 spiro atoms. The number of amides is 1. The fourth-order valence-electron chi connectivity index (χ4n) is 2.90. The molecule has 1 heterocycles. The van der Waals surface area contributed by atoms with Crippen LogP contribution in [0.15, 0.2) is 0 Å². The molecule has 0 aromatic heterocycles. The summed E-state index contributed by atoms with van der Waals surface area (Å²) in [5.74, 6) is 0.809. The molecule has 2 aliphatic rings. The Labute approximate surface area is 96.9 Å². The first-order valence-electron chi connectivity index (χ1n) is 6.25. The minimum absolute atomic E-state index is 0.167. The number of ether oxygens (including phenoxy) is 1. The maximum atomic E-state index is 12.2. The summed E-state index contributed by atoms with van der Waals surface area (Å²) < 4.78 is 5.27. The number of carbonyl (C=O) groups is 1. The number of rotatable bonds is 3. The maximum absolute atomic E-state index is 12.2. The molecule has 1 amide bonds. The van der Waals surface area contributed by atoms with Crippen LogP contribution in [0.1, 0.15) is 32.6 Å². The van der Waals surface area contributed by atoms with E-state index in [4.69, 9.17) is 10.5 Å². The lowest BCUT2D eigenvalue weighted by Crippen LogP contribution is -2.55. The molecule has 1 saturated carbocycles. The van der Waals surface area contributed by atoms with Gasteiger partial charge in [0.2, 0.25) is 5.91 Å². The summed E-state index contributed by atoms with van der Waals surface area (Å²) in [5.41, 5.74) is 5.49. The van der Waals surface area contributed by atoms with E-state index in [0.717, 1.165) is 38.9 Å². The zero-order valence-electron chi connectivity index (χ0n) is 10.00. The van der Waals surface area contributed by atoms with Crippen LogP contribution in [0.4, 0.5) is 0 Å². The van der Waals surface area contributed by atoms with Crippen molar-refractivity contribution in [2.75, 3.05) is 19.8 Å². The Balaban J connectivity index is 1.86. The Bertz CT molecular complexity index is 256. The average molecular weight is 226 g/mol. The van der Waals surface area contributed by atoms with Gasteiger partial charge < -0.3 is 15.8 Å². The molecule has 2 rings (SSSR count). The van der Waals surface area contributed by atoms with Gasteiger partial charge in [0, 0.05) is 25.8 Å². The quantitative estimate of drug-likeness (QED) is 0.743. The molecule has 0 aromatic rings. The second-order valence-electron chi connectivity index (χ2n) is 5.36.